The van der Waals surface area contributed by atoms with Crippen LogP contribution in [0.2, 0.25) is 5.02 Å². The van der Waals surface area contributed by atoms with Gasteiger partial charge in [-0.3, -0.25) is 25.2 Å². The van der Waals surface area contributed by atoms with E-state index in [1.165, 1.54) is 33.5 Å². The van der Waals surface area contributed by atoms with Crippen molar-refractivity contribution in [2.45, 2.75) is 19.8 Å². The number of carbonyl (C=O) groups excluding carboxylic acids is 3. The fraction of sp³-hybridized carbons (Fsp3) is 0.286. The lowest BCUT2D eigenvalue weighted by Crippen LogP contribution is -2.41. The molecule has 0 saturated carbocycles. The predicted octanol–water partition coefficient (Wildman–Crippen LogP) is 2.85. The number of halogens is 1. The van der Waals surface area contributed by atoms with E-state index in [9.17, 15) is 14.4 Å². The fourth-order valence-electron chi connectivity index (χ4n) is 2.66. The molecule has 0 atom stereocenters. The van der Waals surface area contributed by atoms with Crippen molar-refractivity contribution in [2.75, 3.05) is 26.6 Å². The molecule has 0 spiro atoms. The van der Waals surface area contributed by atoms with E-state index in [1.807, 2.05) is 0 Å². The third-order valence-corrected chi connectivity index (χ3v) is 4.77. The molecule has 166 valence electrons. The number of hydrazine groups is 1. The summed E-state index contributed by atoms with van der Waals surface area (Å²) in [6, 6.07) is 8.05. The van der Waals surface area contributed by atoms with Gasteiger partial charge in [0.1, 0.15) is 0 Å². The van der Waals surface area contributed by atoms with Gasteiger partial charge >= 0.3 is 0 Å². The number of rotatable bonds is 8. The molecule has 0 heterocycles. The summed E-state index contributed by atoms with van der Waals surface area (Å²) in [5.41, 5.74) is 6.06. The van der Waals surface area contributed by atoms with Crippen LogP contribution in [0.25, 0.3) is 0 Å². The molecule has 0 radical (unpaired) electrons. The number of nitrogens with one attached hydrogen (secondary N) is 3. The van der Waals surface area contributed by atoms with Crippen LogP contribution in [0.3, 0.4) is 0 Å². The molecule has 2 aromatic rings. The molecular weight excluding hydrogens is 426 g/mol. The van der Waals surface area contributed by atoms with Gasteiger partial charge in [-0.25, -0.2) is 0 Å². The van der Waals surface area contributed by atoms with Crippen molar-refractivity contribution in [1.29, 1.82) is 0 Å². The van der Waals surface area contributed by atoms with Gasteiger partial charge in [-0.1, -0.05) is 17.7 Å². The van der Waals surface area contributed by atoms with Crippen LogP contribution >= 0.6 is 11.6 Å². The van der Waals surface area contributed by atoms with Gasteiger partial charge in [0.15, 0.2) is 11.5 Å². The minimum atomic E-state index is -0.591. The zero-order valence-corrected chi connectivity index (χ0v) is 18.4. The summed E-state index contributed by atoms with van der Waals surface area (Å²) in [5.74, 6) is -0.536. The van der Waals surface area contributed by atoms with Gasteiger partial charge in [-0.15, -0.1) is 0 Å². The normalized spacial score (nSPS) is 10.1. The number of hydrogen-bond acceptors (Lipinski definition) is 6. The maximum Gasteiger partial charge on any atom is 0.269 e. The molecule has 0 fully saturated rings. The molecule has 9 nitrogen and oxygen atoms in total. The topological polar surface area (TPSA) is 115 Å². The average molecular weight is 450 g/mol. The minimum Gasteiger partial charge on any atom is -0.493 e. The molecule has 2 aromatic carbocycles. The average Bonchev–Trinajstić information content (AvgIpc) is 2.77. The molecule has 0 unspecified atom stereocenters. The molecule has 3 amide bonds. The summed E-state index contributed by atoms with van der Waals surface area (Å²) in [5, 5.41) is 3.24. The number of methoxy groups -OCH3 is 3. The number of hydrogen-bond donors (Lipinski definition) is 3. The van der Waals surface area contributed by atoms with Crippen LogP contribution in [0.4, 0.5) is 5.69 Å². The van der Waals surface area contributed by atoms with Gasteiger partial charge in [-0.2, -0.15) is 0 Å². The van der Waals surface area contributed by atoms with E-state index >= 15 is 0 Å². The molecule has 0 aliphatic heterocycles. The lowest BCUT2D eigenvalue weighted by atomic mass is 10.1. The van der Waals surface area contributed by atoms with Crippen LogP contribution in [0, 0.1) is 6.92 Å². The van der Waals surface area contributed by atoms with Gasteiger partial charge in [0.25, 0.3) is 5.91 Å². The molecule has 0 aromatic heterocycles. The largest absolute Gasteiger partial charge is 0.493 e. The zero-order chi connectivity index (χ0) is 23.0. The first-order valence-corrected chi connectivity index (χ1v) is 9.62. The highest BCUT2D eigenvalue weighted by Crippen LogP contribution is 2.38. The van der Waals surface area contributed by atoms with Crippen molar-refractivity contribution in [2.24, 2.45) is 0 Å². The highest BCUT2D eigenvalue weighted by atomic mass is 35.5. The van der Waals surface area contributed by atoms with Crippen LogP contribution in [0.1, 0.15) is 28.8 Å². The summed E-state index contributed by atoms with van der Waals surface area (Å²) in [4.78, 5) is 36.5. The van der Waals surface area contributed by atoms with Gasteiger partial charge in [-0.05, 0) is 36.8 Å². The Hall–Kier alpha value is -3.46. The predicted molar refractivity (Wildman–Crippen MR) is 116 cm³/mol. The maximum atomic E-state index is 12.4. The Morgan fingerprint density at radius 2 is 1.52 bits per heavy atom. The van der Waals surface area contributed by atoms with Crippen molar-refractivity contribution in [3.05, 3.63) is 46.5 Å². The molecule has 0 saturated heterocycles. The molecule has 0 bridgehead atoms. The van der Waals surface area contributed by atoms with Crippen LogP contribution in [-0.2, 0) is 9.59 Å². The van der Waals surface area contributed by atoms with Crippen molar-refractivity contribution in [3.8, 4) is 17.2 Å². The second-order valence-electron chi connectivity index (χ2n) is 6.38. The van der Waals surface area contributed by atoms with Gasteiger partial charge < -0.3 is 19.5 Å². The Morgan fingerprint density at radius 3 is 2.10 bits per heavy atom. The first kappa shape index (κ1) is 23.8. The maximum absolute atomic E-state index is 12.4. The third kappa shape index (κ3) is 6.26. The number of anilines is 1. The van der Waals surface area contributed by atoms with Crippen LogP contribution in [0.15, 0.2) is 30.3 Å². The van der Waals surface area contributed by atoms with E-state index in [-0.39, 0.29) is 24.3 Å². The van der Waals surface area contributed by atoms with Gasteiger partial charge in [0, 0.05) is 29.1 Å². The van der Waals surface area contributed by atoms with E-state index < -0.39 is 11.8 Å². The first-order valence-electron chi connectivity index (χ1n) is 9.24. The second kappa shape index (κ2) is 11.1. The molecule has 10 heteroatoms. The highest BCUT2D eigenvalue weighted by molar-refractivity contribution is 6.31. The number of amides is 3. The fourth-order valence-corrected chi connectivity index (χ4v) is 2.83. The van der Waals surface area contributed by atoms with Crippen LogP contribution < -0.4 is 30.4 Å². The first-order chi connectivity index (χ1) is 14.8. The quantitative estimate of drug-likeness (QED) is 0.534. The highest BCUT2D eigenvalue weighted by Gasteiger charge is 2.17. The molecule has 31 heavy (non-hydrogen) atoms. The third-order valence-electron chi connectivity index (χ3n) is 4.36. The lowest BCUT2D eigenvalue weighted by Gasteiger charge is -2.14. The SMILES string of the molecule is COc1cc(C(=O)NNC(=O)CCC(=O)Nc2cccc(Cl)c2C)cc(OC)c1OC. The van der Waals surface area contributed by atoms with Crippen LogP contribution in [0.5, 0.6) is 17.2 Å². The van der Waals surface area contributed by atoms with Crippen LogP contribution in [-0.4, -0.2) is 39.1 Å². The smallest absolute Gasteiger partial charge is 0.269 e. The Labute approximate surface area is 185 Å². The summed E-state index contributed by atoms with van der Waals surface area (Å²) in [7, 11) is 4.30. The standard InChI is InChI=1S/C21H24ClN3O6/c1-12-14(22)6-5-7-15(12)23-18(26)8-9-19(27)24-25-21(28)13-10-16(29-2)20(31-4)17(11-13)30-3/h5-7,10-11H,8-9H2,1-4H3,(H,23,26)(H,24,27)(H,25,28). The molecule has 0 aliphatic carbocycles. The monoisotopic (exact) mass is 449 g/mol. The lowest BCUT2D eigenvalue weighted by molar-refractivity contribution is -0.124. The van der Waals surface area contributed by atoms with Crippen molar-refractivity contribution < 1.29 is 28.6 Å². The summed E-state index contributed by atoms with van der Waals surface area (Å²) in [6.45, 7) is 1.78. The molecule has 2 rings (SSSR count). The Balaban J connectivity index is 1.89. The molecule has 3 N–H and O–H groups in total. The van der Waals surface area contributed by atoms with E-state index in [0.29, 0.717) is 28.0 Å². The van der Waals surface area contributed by atoms with Crippen molar-refractivity contribution >= 4 is 35.0 Å². The Bertz CT molecular complexity index is 955. The summed E-state index contributed by atoms with van der Waals surface area (Å²) >= 11 is 6.02. The van der Waals surface area contributed by atoms with E-state index in [2.05, 4.69) is 16.2 Å². The molecule has 0 aliphatic rings. The molecular formula is C21H24ClN3O6. The zero-order valence-electron chi connectivity index (χ0n) is 17.6. The van der Waals surface area contributed by atoms with E-state index in [1.54, 1.807) is 25.1 Å². The number of benzene rings is 2. The number of carbonyl (C=O) groups is 3. The van der Waals surface area contributed by atoms with Crippen molar-refractivity contribution in [1.82, 2.24) is 10.9 Å². The second-order valence-corrected chi connectivity index (χ2v) is 6.78. The van der Waals surface area contributed by atoms with Crippen molar-refractivity contribution in [3.63, 3.8) is 0 Å². The Kier molecular flexibility index (Phi) is 8.51. The van der Waals surface area contributed by atoms with E-state index in [4.69, 9.17) is 25.8 Å². The Morgan fingerprint density at radius 1 is 0.903 bits per heavy atom. The van der Waals surface area contributed by atoms with Gasteiger partial charge in [0.05, 0.1) is 21.3 Å². The minimum absolute atomic E-state index is 0.0716. The summed E-state index contributed by atoms with van der Waals surface area (Å²) in [6.07, 6.45) is -0.196. The van der Waals surface area contributed by atoms with Gasteiger partial charge in [0.2, 0.25) is 17.6 Å². The number of ether oxygens (including phenoxy) is 3. The van der Waals surface area contributed by atoms with E-state index in [0.717, 1.165) is 5.56 Å². The summed E-state index contributed by atoms with van der Waals surface area (Å²) < 4.78 is 15.6.